The van der Waals surface area contributed by atoms with Crippen molar-refractivity contribution in [2.24, 2.45) is 0 Å². The van der Waals surface area contributed by atoms with Gasteiger partial charge in [0.15, 0.2) is 0 Å². The molecule has 5 nitrogen and oxygen atoms in total. The molecule has 0 spiro atoms. The van der Waals surface area contributed by atoms with E-state index in [-0.39, 0.29) is 6.54 Å². The molecule has 7 heteroatoms. The first-order valence-electron chi connectivity index (χ1n) is 5.52. The van der Waals surface area contributed by atoms with Crippen LogP contribution in [0.15, 0.2) is 24.3 Å². The second-order valence-electron chi connectivity index (χ2n) is 4.02. The Kier molecular flexibility index (Phi) is 4.34. The fourth-order valence-electron chi connectivity index (χ4n) is 1.52. The molecule has 0 radical (unpaired) electrons. The van der Waals surface area contributed by atoms with Crippen molar-refractivity contribution in [3.63, 3.8) is 0 Å². The first-order valence-corrected chi connectivity index (χ1v) is 6.68. The number of hydrogen-bond donors (Lipinski definition) is 0. The molecule has 0 saturated carbocycles. The third kappa shape index (κ3) is 3.90. The number of carbonyl (C=O) groups excluding carboxylic acids is 1. The first-order chi connectivity index (χ1) is 9.04. The van der Waals surface area contributed by atoms with Crippen LogP contribution in [0.3, 0.4) is 0 Å². The van der Waals surface area contributed by atoms with Crippen molar-refractivity contribution in [1.82, 2.24) is 9.36 Å². The maximum atomic E-state index is 10.5. The van der Waals surface area contributed by atoms with Crippen LogP contribution < -0.4 is 10.0 Å². The zero-order chi connectivity index (χ0) is 13.8. The van der Waals surface area contributed by atoms with Gasteiger partial charge >= 0.3 is 0 Å². The van der Waals surface area contributed by atoms with Gasteiger partial charge in [-0.25, -0.2) is 4.98 Å². The summed E-state index contributed by atoms with van der Waals surface area (Å²) in [6.45, 7) is -0.199. The van der Waals surface area contributed by atoms with Crippen LogP contribution in [0.25, 0.3) is 0 Å². The third-order valence-corrected chi connectivity index (χ3v) is 3.55. The number of aromatic nitrogens is 2. The normalized spacial score (nSPS) is 10.4. The van der Waals surface area contributed by atoms with Crippen LogP contribution >= 0.6 is 23.1 Å². The van der Waals surface area contributed by atoms with Crippen LogP contribution in [-0.2, 0) is 11.2 Å². The molecule has 0 unspecified atom stereocenters. The van der Waals surface area contributed by atoms with Crippen LogP contribution in [0.4, 0.5) is 5.13 Å². The number of carbonyl (C=O) groups is 1. The van der Waals surface area contributed by atoms with Gasteiger partial charge in [0.1, 0.15) is 5.82 Å². The van der Waals surface area contributed by atoms with Crippen molar-refractivity contribution in [1.29, 1.82) is 0 Å². The molecule has 0 aliphatic carbocycles. The Morgan fingerprint density at radius 3 is 2.74 bits per heavy atom. The number of carboxylic acids is 1. The number of rotatable bonds is 5. The zero-order valence-electron chi connectivity index (χ0n) is 10.2. The minimum absolute atomic E-state index is 0.199. The topological polar surface area (TPSA) is 69.2 Å². The van der Waals surface area contributed by atoms with E-state index in [9.17, 15) is 9.90 Å². The van der Waals surface area contributed by atoms with Gasteiger partial charge < -0.3 is 14.8 Å². The maximum Gasteiger partial charge on any atom is 0.205 e. The third-order valence-electron chi connectivity index (χ3n) is 2.43. The Balaban J connectivity index is 2.04. The Bertz CT molecular complexity index is 571. The quantitative estimate of drug-likeness (QED) is 0.822. The molecular weight excluding hydrogens is 286 g/mol. The van der Waals surface area contributed by atoms with Gasteiger partial charge in [0.25, 0.3) is 0 Å². The molecule has 1 aromatic heterocycles. The van der Waals surface area contributed by atoms with E-state index in [2.05, 4.69) is 9.36 Å². The summed E-state index contributed by atoms with van der Waals surface area (Å²) in [6, 6.07) is 7.45. The van der Waals surface area contributed by atoms with Crippen LogP contribution in [0.2, 0.25) is 5.02 Å². The summed E-state index contributed by atoms with van der Waals surface area (Å²) in [6.07, 6.45) is 0.590. The molecule has 0 saturated heterocycles. The molecule has 0 atom stereocenters. The second kappa shape index (κ2) is 5.99. The summed E-state index contributed by atoms with van der Waals surface area (Å²) < 4.78 is 4.20. The number of anilines is 1. The molecule has 0 aliphatic heterocycles. The average molecular weight is 297 g/mol. The van der Waals surface area contributed by atoms with Crippen molar-refractivity contribution >= 4 is 34.2 Å². The standard InChI is InChI=1S/C12H12ClN3O2S/c1-16(7-11(17)18)12-14-10(15-19-12)6-8-2-4-9(13)5-3-8/h2-5H,6-7H2,1H3,(H,17,18)/p-1. The molecule has 2 rings (SSSR count). The number of nitrogens with zero attached hydrogens (tertiary/aromatic N) is 3. The summed E-state index contributed by atoms with van der Waals surface area (Å²) in [4.78, 5) is 16.3. The van der Waals surface area contributed by atoms with E-state index in [1.165, 1.54) is 16.4 Å². The number of carboxylic acid groups (broad SMARTS) is 1. The molecule has 100 valence electrons. The van der Waals surface area contributed by atoms with Crippen LogP contribution in [0, 0.1) is 0 Å². The van der Waals surface area contributed by atoms with Gasteiger partial charge in [-0.3, -0.25) is 0 Å². The van der Waals surface area contributed by atoms with E-state index in [0.717, 1.165) is 5.56 Å². The molecule has 1 heterocycles. The Hall–Kier alpha value is -1.66. The fourth-order valence-corrected chi connectivity index (χ4v) is 2.29. The summed E-state index contributed by atoms with van der Waals surface area (Å²) in [5.74, 6) is -0.482. The maximum absolute atomic E-state index is 10.5. The van der Waals surface area contributed by atoms with Gasteiger partial charge in [0, 0.05) is 30.0 Å². The first kappa shape index (κ1) is 13.8. The number of halogens is 1. The van der Waals surface area contributed by atoms with E-state index in [1.807, 2.05) is 24.3 Å². The highest BCUT2D eigenvalue weighted by Gasteiger charge is 2.09. The van der Waals surface area contributed by atoms with Gasteiger partial charge in [0.05, 0.1) is 12.5 Å². The van der Waals surface area contributed by atoms with Crippen LogP contribution in [-0.4, -0.2) is 28.9 Å². The van der Waals surface area contributed by atoms with Gasteiger partial charge in [-0.1, -0.05) is 23.7 Å². The van der Waals surface area contributed by atoms with Crippen LogP contribution in [0.5, 0.6) is 0 Å². The Morgan fingerprint density at radius 1 is 1.42 bits per heavy atom. The molecule has 2 aromatic rings. The highest BCUT2D eigenvalue weighted by molar-refractivity contribution is 7.09. The van der Waals surface area contributed by atoms with E-state index >= 15 is 0 Å². The molecule has 19 heavy (non-hydrogen) atoms. The molecule has 0 amide bonds. The highest BCUT2D eigenvalue weighted by Crippen LogP contribution is 2.18. The van der Waals surface area contributed by atoms with E-state index in [0.29, 0.717) is 22.4 Å². The lowest BCUT2D eigenvalue weighted by Crippen LogP contribution is -2.35. The smallest absolute Gasteiger partial charge is 0.205 e. The van der Waals surface area contributed by atoms with Gasteiger partial charge in [-0.05, 0) is 17.7 Å². The predicted octanol–water partition coefficient (Wildman–Crippen LogP) is 0.968. The molecule has 0 aliphatic rings. The molecule has 0 bridgehead atoms. The van der Waals surface area contributed by atoms with Crippen LogP contribution in [0.1, 0.15) is 11.4 Å². The SMILES string of the molecule is CN(CC(=O)[O-])c1nc(Cc2ccc(Cl)cc2)ns1. The van der Waals surface area contributed by atoms with E-state index in [1.54, 1.807) is 7.05 Å². The fraction of sp³-hybridized carbons (Fsp3) is 0.250. The minimum Gasteiger partial charge on any atom is -0.548 e. The molecule has 1 aromatic carbocycles. The molecule has 0 N–H and O–H groups in total. The van der Waals surface area contributed by atoms with E-state index < -0.39 is 5.97 Å². The lowest BCUT2D eigenvalue weighted by molar-refractivity contribution is -0.303. The van der Waals surface area contributed by atoms with Crippen molar-refractivity contribution in [3.8, 4) is 0 Å². The van der Waals surface area contributed by atoms with Crippen molar-refractivity contribution < 1.29 is 9.90 Å². The zero-order valence-corrected chi connectivity index (χ0v) is 11.7. The lowest BCUT2D eigenvalue weighted by atomic mass is 10.1. The Morgan fingerprint density at radius 2 is 2.11 bits per heavy atom. The Labute approximate surface area is 119 Å². The number of benzene rings is 1. The van der Waals surface area contributed by atoms with Crippen molar-refractivity contribution in [2.75, 3.05) is 18.5 Å². The summed E-state index contributed by atoms with van der Waals surface area (Å²) in [5.41, 5.74) is 1.05. The minimum atomic E-state index is -1.14. The van der Waals surface area contributed by atoms with Gasteiger partial charge in [0.2, 0.25) is 5.13 Å². The largest absolute Gasteiger partial charge is 0.548 e. The highest BCUT2D eigenvalue weighted by atomic mass is 35.5. The predicted molar refractivity (Wildman–Crippen MR) is 72.4 cm³/mol. The number of hydrogen-bond acceptors (Lipinski definition) is 6. The van der Waals surface area contributed by atoms with Crippen molar-refractivity contribution in [2.45, 2.75) is 6.42 Å². The van der Waals surface area contributed by atoms with E-state index in [4.69, 9.17) is 11.6 Å². The lowest BCUT2D eigenvalue weighted by Gasteiger charge is -2.14. The monoisotopic (exact) mass is 296 g/mol. The second-order valence-corrected chi connectivity index (χ2v) is 5.19. The van der Waals surface area contributed by atoms with Gasteiger partial charge in [-0.15, -0.1) is 0 Å². The molecule has 0 fully saturated rings. The number of aliphatic carboxylic acids is 1. The molecular formula is C12H11ClN3O2S-. The van der Waals surface area contributed by atoms with Gasteiger partial charge in [-0.2, -0.15) is 4.37 Å². The number of likely N-dealkylation sites (N-methyl/N-ethyl adjacent to an activating group) is 1. The van der Waals surface area contributed by atoms with Crippen molar-refractivity contribution in [3.05, 3.63) is 40.7 Å². The average Bonchev–Trinajstić information content (AvgIpc) is 2.80. The summed E-state index contributed by atoms with van der Waals surface area (Å²) in [5, 5.41) is 11.8. The summed E-state index contributed by atoms with van der Waals surface area (Å²) in [7, 11) is 1.64. The summed E-state index contributed by atoms with van der Waals surface area (Å²) >= 11 is 6.98.